The molecule has 2 heterocycles. The molecule has 9 nitrogen and oxygen atoms in total. The van der Waals surface area contributed by atoms with Crippen LogP contribution in [0.5, 0.6) is 0 Å². The fourth-order valence-corrected chi connectivity index (χ4v) is 5.58. The first-order valence-electron chi connectivity index (χ1n) is 10.3. The number of rotatable bonds is 6. The first-order valence-corrected chi connectivity index (χ1v) is 11.8. The van der Waals surface area contributed by atoms with Gasteiger partial charge in [-0.25, -0.2) is 8.42 Å². The van der Waals surface area contributed by atoms with Gasteiger partial charge in [-0.3, -0.25) is 14.9 Å². The molecule has 3 aromatic rings. The van der Waals surface area contributed by atoms with E-state index in [-0.39, 0.29) is 17.1 Å². The molecule has 4 rings (SSSR count). The summed E-state index contributed by atoms with van der Waals surface area (Å²) in [6, 6.07) is 12.8. The van der Waals surface area contributed by atoms with Crippen molar-refractivity contribution in [3.63, 3.8) is 0 Å². The lowest BCUT2D eigenvalue weighted by Crippen LogP contribution is -2.52. The number of nitro groups is 1. The number of benzene rings is 2. The minimum atomic E-state index is -3.99. The lowest BCUT2D eigenvalue weighted by molar-refractivity contribution is -0.384. The van der Waals surface area contributed by atoms with E-state index in [0.717, 1.165) is 23.9 Å². The van der Waals surface area contributed by atoms with Crippen LogP contribution in [-0.4, -0.2) is 36.1 Å². The van der Waals surface area contributed by atoms with Crippen LogP contribution in [0.3, 0.4) is 0 Å². The molecule has 10 heteroatoms. The maximum atomic E-state index is 13.2. The second-order valence-electron chi connectivity index (χ2n) is 7.80. The number of nitro benzene ring substituents is 1. The van der Waals surface area contributed by atoms with Crippen molar-refractivity contribution in [1.29, 1.82) is 0 Å². The van der Waals surface area contributed by atoms with Gasteiger partial charge in [-0.15, -0.1) is 0 Å². The van der Waals surface area contributed by atoms with E-state index in [1.807, 2.05) is 30.3 Å². The van der Waals surface area contributed by atoms with Crippen LogP contribution in [0.15, 0.2) is 63.9 Å². The number of nitrogens with one attached hydrogen (secondary N) is 1. The van der Waals surface area contributed by atoms with Crippen molar-refractivity contribution in [2.75, 3.05) is 6.54 Å². The third kappa shape index (κ3) is 4.23. The van der Waals surface area contributed by atoms with Gasteiger partial charge in [0.15, 0.2) is 0 Å². The van der Waals surface area contributed by atoms with Crippen molar-refractivity contribution >= 4 is 32.6 Å². The zero-order valence-electron chi connectivity index (χ0n) is 17.4. The highest BCUT2D eigenvalue weighted by molar-refractivity contribution is 7.89. The Morgan fingerprint density at radius 1 is 1.19 bits per heavy atom. The average Bonchev–Trinajstić information content (AvgIpc) is 3.23. The van der Waals surface area contributed by atoms with E-state index in [0.29, 0.717) is 24.2 Å². The number of non-ortho nitro benzene ring substituents is 1. The van der Waals surface area contributed by atoms with Crippen LogP contribution in [0, 0.1) is 10.1 Å². The van der Waals surface area contributed by atoms with E-state index >= 15 is 0 Å². The van der Waals surface area contributed by atoms with Crippen molar-refractivity contribution in [1.82, 2.24) is 9.62 Å². The van der Waals surface area contributed by atoms with E-state index in [1.165, 1.54) is 16.4 Å². The molecular formula is C22H23N3O6S. The Morgan fingerprint density at radius 3 is 2.59 bits per heavy atom. The fraction of sp³-hybridized carbons (Fsp3) is 0.318. The van der Waals surface area contributed by atoms with Crippen LogP contribution in [0.1, 0.15) is 38.0 Å². The summed E-state index contributed by atoms with van der Waals surface area (Å²) in [5.74, 6) is 0.184. The molecular weight excluding hydrogens is 434 g/mol. The summed E-state index contributed by atoms with van der Waals surface area (Å²) < 4.78 is 33.4. The zero-order valence-corrected chi connectivity index (χ0v) is 18.2. The summed E-state index contributed by atoms with van der Waals surface area (Å²) in [5.41, 5.74) is 0.514. The monoisotopic (exact) mass is 457 g/mol. The minimum Gasteiger partial charge on any atom is -0.459 e. The number of furan rings is 1. The molecule has 0 bridgehead atoms. The molecule has 1 amide bonds. The van der Waals surface area contributed by atoms with Crippen molar-refractivity contribution in [2.24, 2.45) is 0 Å². The van der Waals surface area contributed by atoms with E-state index in [2.05, 4.69) is 5.32 Å². The average molecular weight is 458 g/mol. The van der Waals surface area contributed by atoms with Gasteiger partial charge in [-0.1, -0.05) is 24.6 Å². The number of carbonyl (C=O) groups is 1. The number of sulfonamides is 1. The molecule has 1 aliphatic heterocycles. The Labute approximate surface area is 185 Å². The van der Waals surface area contributed by atoms with Crippen molar-refractivity contribution in [2.45, 2.75) is 43.2 Å². The summed E-state index contributed by atoms with van der Waals surface area (Å²) in [6.45, 7) is 1.99. The third-order valence-corrected chi connectivity index (χ3v) is 7.56. The number of para-hydroxylation sites is 1. The first-order chi connectivity index (χ1) is 15.3. The Kier molecular flexibility index (Phi) is 5.98. The largest absolute Gasteiger partial charge is 0.459 e. The van der Waals surface area contributed by atoms with E-state index < -0.39 is 32.9 Å². The van der Waals surface area contributed by atoms with E-state index in [4.69, 9.17) is 4.42 Å². The summed E-state index contributed by atoms with van der Waals surface area (Å²) in [5, 5.41) is 14.7. The second-order valence-corrected chi connectivity index (χ2v) is 9.69. The number of hydrogen-bond acceptors (Lipinski definition) is 6. The molecule has 0 saturated carbocycles. The highest BCUT2D eigenvalue weighted by Crippen LogP contribution is 2.28. The molecule has 0 aliphatic carbocycles. The third-order valence-electron chi connectivity index (χ3n) is 5.64. The number of amides is 1. The van der Waals surface area contributed by atoms with Crippen molar-refractivity contribution in [3.8, 4) is 0 Å². The molecule has 2 unspecified atom stereocenters. The van der Waals surface area contributed by atoms with Gasteiger partial charge in [-0.2, -0.15) is 4.31 Å². The molecule has 1 aliphatic rings. The van der Waals surface area contributed by atoms with Gasteiger partial charge in [0, 0.05) is 24.1 Å². The van der Waals surface area contributed by atoms with Crippen LogP contribution in [0.2, 0.25) is 0 Å². The predicted octanol–water partition coefficient (Wildman–Crippen LogP) is 3.76. The quantitative estimate of drug-likeness (QED) is 0.444. The molecule has 168 valence electrons. The van der Waals surface area contributed by atoms with E-state index in [9.17, 15) is 23.3 Å². The molecule has 1 saturated heterocycles. The molecule has 2 aromatic carbocycles. The lowest BCUT2D eigenvalue weighted by atomic mass is 10.0. The van der Waals surface area contributed by atoms with Crippen LogP contribution in [0.25, 0.3) is 11.0 Å². The minimum absolute atomic E-state index is 0.0758. The lowest BCUT2D eigenvalue weighted by Gasteiger charge is -2.34. The summed E-state index contributed by atoms with van der Waals surface area (Å²) in [7, 11) is -3.99. The Balaban J connectivity index is 1.54. The van der Waals surface area contributed by atoms with Gasteiger partial charge in [0.25, 0.3) is 5.69 Å². The number of hydrogen-bond donors (Lipinski definition) is 1. The smallest absolute Gasteiger partial charge is 0.269 e. The normalized spacial score (nSPS) is 18.3. The Bertz CT molecular complexity index is 1220. The topological polar surface area (TPSA) is 123 Å². The van der Waals surface area contributed by atoms with Gasteiger partial charge in [0.05, 0.1) is 15.9 Å². The molecule has 2 atom stereocenters. The number of piperidine rings is 1. The van der Waals surface area contributed by atoms with Gasteiger partial charge in [0.2, 0.25) is 15.9 Å². The Morgan fingerprint density at radius 2 is 1.91 bits per heavy atom. The van der Waals surface area contributed by atoms with Gasteiger partial charge in [0.1, 0.15) is 17.4 Å². The van der Waals surface area contributed by atoms with Crippen LogP contribution >= 0.6 is 0 Å². The number of nitrogens with zero attached hydrogens (tertiary/aromatic N) is 2. The molecule has 0 spiro atoms. The first kappa shape index (κ1) is 22.0. The fourth-order valence-electron chi connectivity index (χ4n) is 3.93. The van der Waals surface area contributed by atoms with Crippen molar-refractivity contribution < 1.29 is 22.6 Å². The summed E-state index contributed by atoms with van der Waals surface area (Å²) in [4.78, 5) is 23.3. The second kappa shape index (κ2) is 8.71. The maximum absolute atomic E-state index is 13.2. The van der Waals surface area contributed by atoms with Crippen LogP contribution in [-0.2, 0) is 14.8 Å². The maximum Gasteiger partial charge on any atom is 0.269 e. The SMILES string of the molecule is CC(NC(=O)C1CCCCN1S(=O)(=O)c1ccc([N+](=O)[O-])cc1)c1cc2ccccc2o1. The standard InChI is InChI=1S/C22H23N3O6S/c1-15(21-14-16-6-2-3-8-20(16)31-21)23-22(26)19-7-4-5-13-24(19)32(29,30)18-11-9-17(10-12-18)25(27)28/h2-3,6,8-12,14-15,19H,4-5,7,13H2,1H3,(H,23,26). The Hall–Kier alpha value is -3.24. The summed E-state index contributed by atoms with van der Waals surface area (Å²) >= 11 is 0. The number of carbonyl (C=O) groups excluding carboxylic acids is 1. The zero-order chi connectivity index (χ0) is 22.9. The van der Waals surface area contributed by atoms with Gasteiger partial charge < -0.3 is 9.73 Å². The van der Waals surface area contributed by atoms with Crippen LogP contribution < -0.4 is 5.32 Å². The molecule has 32 heavy (non-hydrogen) atoms. The van der Waals surface area contributed by atoms with Crippen LogP contribution in [0.4, 0.5) is 5.69 Å². The predicted molar refractivity (Wildman–Crippen MR) is 117 cm³/mol. The molecule has 0 radical (unpaired) electrons. The molecule has 1 N–H and O–H groups in total. The van der Waals surface area contributed by atoms with Crippen molar-refractivity contribution in [3.05, 3.63) is 70.5 Å². The molecule has 1 aromatic heterocycles. The number of fused-ring (bicyclic) bond motifs is 1. The molecule has 1 fully saturated rings. The highest BCUT2D eigenvalue weighted by Gasteiger charge is 2.38. The van der Waals surface area contributed by atoms with E-state index in [1.54, 1.807) is 6.92 Å². The van der Waals surface area contributed by atoms with Gasteiger partial charge >= 0.3 is 0 Å². The van der Waals surface area contributed by atoms with Gasteiger partial charge in [-0.05, 0) is 44.0 Å². The summed E-state index contributed by atoms with van der Waals surface area (Å²) in [6.07, 6.45) is 1.75. The highest BCUT2D eigenvalue weighted by atomic mass is 32.2.